The summed E-state index contributed by atoms with van der Waals surface area (Å²) in [7, 11) is 0. The van der Waals surface area contributed by atoms with Gasteiger partial charge in [-0.25, -0.2) is 0 Å². The number of β-amino-alcohol motifs (C(OH)–C–C–N with tert-alkyl or cyclic N) is 1. The third kappa shape index (κ3) is 3.03. The van der Waals surface area contributed by atoms with Crippen LogP contribution in [-0.2, 0) is 4.79 Å². The van der Waals surface area contributed by atoms with Gasteiger partial charge in [0.1, 0.15) is 0 Å². The number of aliphatic hydroxyl groups is 1. The summed E-state index contributed by atoms with van der Waals surface area (Å²) in [5.74, 6) is -0.165. The van der Waals surface area contributed by atoms with E-state index < -0.39 is 10.5 Å². The molecule has 0 atom stereocenters. The van der Waals surface area contributed by atoms with E-state index in [4.69, 9.17) is 0 Å². The van der Waals surface area contributed by atoms with Gasteiger partial charge < -0.3 is 10.0 Å². The zero-order chi connectivity index (χ0) is 14.8. The summed E-state index contributed by atoms with van der Waals surface area (Å²) in [6, 6.07) is 5.95. The van der Waals surface area contributed by atoms with Crippen LogP contribution >= 0.6 is 0 Å². The molecule has 6 nitrogen and oxygen atoms in total. The lowest BCUT2D eigenvalue weighted by molar-refractivity contribution is -0.384. The second-order valence-corrected chi connectivity index (χ2v) is 4.95. The zero-order valence-electron chi connectivity index (χ0n) is 11.2. The molecule has 0 unspecified atom stereocenters. The van der Waals surface area contributed by atoms with Crippen LogP contribution in [-0.4, -0.2) is 39.5 Å². The molecule has 1 aromatic carbocycles. The van der Waals surface area contributed by atoms with Crippen LogP contribution in [0.5, 0.6) is 0 Å². The predicted octanol–water partition coefficient (Wildman–Crippen LogP) is 1.59. The Kier molecular flexibility index (Phi) is 3.85. The average molecular weight is 276 g/mol. The van der Waals surface area contributed by atoms with E-state index in [9.17, 15) is 20.0 Å². The summed E-state index contributed by atoms with van der Waals surface area (Å²) in [5.41, 5.74) is -0.00362. The van der Waals surface area contributed by atoms with Gasteiger partial charge in [0.2, 0.25) is 5.91 Å². The van der Waals surface area contributed by atoms with Gasteiger partial charge in [0.15, 0.2) is 0 Å². The largest absolute Gasteiger partial charge is 0.386 e. The topological polar surface area (TPSA) is 83.7 Å². The lowest BCUT2D eigenvalue weighted by Gasteiger charge is -2.45. The Bertz CT molecular complexity index is 545. The highest BCUT2D eigenvalue weighted by Gasteiger charge is 2.41. The van der Waals surface area contributed by atoms with E-state index >= 15 is 0 Å². The maximum Gasteiger partial charge on any atom is 0.269 e. The van der Waals surface area contributed by atoms with Crippen LogP contribution in [0.15, 0.2) is 30.3 Å². The van der Waals surface area contributed by atoms with Gasteiger partial charge in [0.05, 0.1) is 23.6 Å². The van der Waals surface area contributed by atoms with Crippen molar-refractivity contribution in [3.8, 4) is 0 Å². The number of benzene rings is 1. The maximum atomic E-state index is 11.8. The van der Waals surface area contributed by atoms with Crippen molar-refractivity contribution < 1.29 is 14.8 Å². The Morgan fingerprint density at radius 3 is 2.55 bits per heavy atom. The molecule has 2 rings (SSSR count). The number of carbonyl (C=O) groups is 1. The van der Waals surface area contributed by atoms with Crippen molar-refractivity contribution in [1.82, 2.24) is 4.90 Å². The molecule has 0 spiro atoms. The first-order valence-corrected chi connectivity index (χ1v) is 6.37. The quantitative estimate of drug-likeness (QED) is 0.514. The van der Waals surface area contributed by atoms with Crippen LogP contribution in [0, 0.1) is 10.1 Å². The second kappa shape index (κ2) is 5.42. The first kappa shape index (κ1) is 14.2. The van der Waals surface area contributed by atoms with Crippen LogP contribution < -0.4 is 0 Å². The summed E-state index contributed by atoms with van der Waals surface area (Å²) >= 11 is 0. The Balaban J connectivity index is 1.93. The predicted molar refractivity (Wildman–Crippen MR) is 74.0 cm³/mol. The molecule has 0 radical (unpaired) electrons. The molecule has 1 aromatic rings. The van der Waals surface area contributed by atoms with Gasteiger partial charge >= 0.3 is 0 Å². The van der Waals surface area contributed by atoms with Crippen molar-refractivity contribution >= 4 is 17.7 Å². The molecule has 20 heavy (non-hydrogen) atoms. The number of likely N-dealkylation sites (tertiary alicyclic amines) is 1. The number of non-ortho nitro benzene ring substituents is 1. The minimum Gasteiger partial charge on any atom is -0.386 e. The van der Waals surface area contributed by atoms with Gasteiger partial charge in [-0.15, -0.1) is 0 Å². The zero-order valence-corrected chi connectivity index (χ0v) is 11.2. The van der Waals surface area contributed by atoms with Gasteiger partial charge in [-0.3, -0.25) is 14.9 Å². The monoisotopic (exact) mass is 276 g/mol. The molecular formula is C14H16N2O4. The molecule has 1 aliphatic heterocycles. The van der Waals surface area contributed by atoms with Gasteiger partial charge in [0.25, 0.3) is 5.69 Å². The summed E-state index contributed by atoms with van der Waals surface area (Å²) < 4.78 is 0. The molecule has 1 saturated heterocycles. The van der Waals surface area contributed by atoms with Crippen LogP contribution in [0.4, 0.5) is 5.69 Å². The first-order chi connectivity index (χ1) is 9.43. The third-order valence-corrected chi connectivity index (χ3v) is 3.46. The first-order valence-electron chi connectivity index (χ1n) is 6.37. The van der Waals surface area contributed by atoms with Crippen LogP contribution in [0.1, 0.15) is 18.9 Å². The Hall–Kier alpha value is -2.21. The van der Waals surface area contributed by atoms with Gasteiger partial charge in [-0.2, -0.15) is 0 Å². The molecule has 0 aromatic heterocycles. The minimum atomic E-state index is -0.739. The number of hydrogen-bond donors (Lipinski definition) is 1. The highest BCUT2D eigenvalue weighted by Crippen LogP contribution is 2.24. The number of nitrogens with zero attached hydrogens (tertiary/aromatic N) is 2. The molecule has 1 aliphatic rings. The van der Waals surface area contributed by atoms with Gasteiger partial charge in [-0.05, 0) is 30.2 Å². The van der Waals surface area contributed by atoms with Crippen molar-refractivity contribution in [1.29, 1.82) is 0 Å². The fourth-order valence-corrected chi connectivity index (χ4v) is 2.02. The van der Waals surface area contributed by atoms with E-state index in [1.807, 2.05) is 6.92 Å². The number of carbonyl (C=O) groups excluding carboxylic acids is 1. The molecule has 0 bridgehead atoms. The molecule has 6 heteroatoms. The number of amides is 1. The molecule has 1 amide bonds. The van der Waals surface area contributed by atoms with Gasteiger partial charge in [0, 0.05) is 18.2 Å². The standard InChI is InChI=1S/C14H16N2O4/c1-2-14(18)9-15(10-14)13(17)8-5-11-3-6-12(7-4-11)16(19)20/h3-8,18H,2,9-10H2,1H3/b8-5+. The highest BCUT2D eigenvalue weighted by molar-refractivity contribution is 5.92. The number of nitro benzene ring substituents is 1. The fourth-order valence-electron chi connectivity index (χ4n) is 2.02. The summed E-state index contributed by atoms with van der Waals surface area (Å²) in [5, 5.41) is 20.3. The summed E-state index contributed by atoms with van der Waals surface area (Å²) in [4.78, 5) is 23.4. The van der Waals surface area contributed by atoms with Crippen molar-refractivity contribution in [2.45, 2.75) is 18.9 Å². The lowest BCUT2D eigenvalue weighted by atomic mass is 9.91. The maximum absolute atomic E-state index is 11.8. The van der Waals surface area contributed by atoms with Crippen molar-refractivity contribution in [2.24, 2.45) is 0 Å². The molecule has 0 saturated carbocycles. The van der Waals surface area contributed by atoms with E-state index in [0.717, 1.165) is 5.56 Å². The summed E-state index contributed by atoms with van der Waals surface area (Å²) in [6.45, 7) is 2.59. The number of hydrogen-bond acceptors (Lipinski definition) is 4. The average Bonchev–Trinajstić information content (AvgIpc) is 2.41. The third-order valence-electron chi connectivity index (χ3n) is 3.46. The molecule has 1 fully saturated rings. The van der Waals surface area contributed by atoms with Crippen LogP contribution in [0.3, 0.4) is 0 Å². The van der Waals surface area contributed by atoms with E-state index in [2.05, 4.69) is 0 Å². The van der Waals surface area contributed by atoms with Gasteiger partial charge in [-0.1, -0.05) is 6.92 Å². The Morgan fingerprint density at radius 1 is 1.45 bits per heavy atom. The normalized spacial score (nSPS) is 17.0. The fraction of sp³-hybridized carbons (Fsp3) is 0.357. The Morgan fingerprint density at radius 2 is 2.05 bits per heavy atom. The van der Waals surface area contributed by atoms with Crippen molar-refractivity contribution in [2.75, 3.05) is 13.1 Å². The van der Waals surface area contributed by atoms with E-state index in [0.29, 0.717) is 19.5 Å². The lowest BCUT2D eigenvalue weighted by Crippen LogP contribution is -2.62. The minimum absolute atomic E-state index is 0.0178. The Labute approximate surface area is 116 Å². The van der Waals surface area contributed by atoms with E-state index in [1.165, 1.54) is 18.2 Å². The SMILES string of the molecule is CCC1(O)CN(C(=O)/C=C/c2ccc([N+](=O)[O-])cc2)C1. The molecule has 1 heterocycles. The van der Waals surface area contributed by atoms with Crippen molar-refractivity contribution in [3.05, 3.63) is 46.0 Å². The second-order valence-electron chi connectivity index (χ2n) is 4.95. The van der Waals surface area contributed by atoms with Crippen molar-refractivity contribution in [3.63, 3.8) is 0 Å². The van der Waals surface area contributed by atoms with Crippen LogP contribution in [0.25, 0.3) is 6.08 Å². The molecule has 106 valence electrons. The van der Waals surface area contributed by atoms with E-state index in [1.54, 1.807) is 23.1 Å². The molecule has 1 N–H and O–H groups in total. The van der Waals surface area contributed by atoms with E-state index in [-0.39, 0.29) is 11.6 Å². The number of nitro groups is 1. The molecular weight excluding hydrogens is 260 g/mol. The number of rotatable bonds is 4. The highest BCUT2D eigenvalue weighted by atomic mass is 16.6. The summed E-state index contributed by atoms with van der Waals surface area (Å²) in [6.07, 6.45) is 3.65. The van der Waals surface area contributed by atoms with Crippen LogP contribution in [0.2, 0.25) is 0 Å². The molecule has 0 aliphatic carbocycles. The smallest absolute Gasteiger partial charge is 0.269 e.